The summed E-state index contributed by atoms with van der Waals surface area (Å²) in [6.07, 6.45) is 3.22. The van der Waals surface area contributed by atoms with E-state index in [-0.39, 0.29) is 17.3 Å². The van der Waals surface area contributed by atoms with Gasteiger partial charge in [-0.2, -0.15) is 0 Å². The first-order valence-corrected chi connectivity index (χ1v) is 6.57. The van der Waals surface area contributed by atoms with Gasteiger partial charge < -0.3 is 10.6 Å². The summed E-state index contributed by atoms with van der Waals surface area (Å²) in [6, 6.07) is 0. The lowest BCUT2D eigenvalue weighted by molar-refractivity contribution is -0.383. The van der Waals surface area contributed by atoms with Gasteiger partial charge in [0, 0.05) is 13.1 Å². The molecular weight excluding hydrogens is 246 g/mol. The Balaban J connectivity index is 2.92. The molecular formula is C12H21N5O2. The van der Waals surface area contributed by atoms with Crippen LogP contribution in [0.25, 0.3) is 0 Å². The predicted octanol–water partition coefficient (Wildman–Crippen LogP) is 2.66. The highest BCUT2D eigenvalue weighted by Gasteiger charge is 2.22. The minimum atomic E-state index is -0.447. The summed E-state index contributed by atoms with van der Waals surface area (Å²) in [6.45, 7) is 7.44. The molecule has 2 N–H and O–H groups in total. The molecule has 0 fully saturated rings. The van der Waals surface area contributed by atoms with Gasteiger partial charge in [0.25, 0.3) is 0 Å². The maximum Gasteiger partial charge on any atom is 0.353 e. The first-order valence-electron chi connectivity index (χ1n) is 6.57. The molecule has 1 aromatic heterocycles. The molecule has 1 atom stereocenters. The third kappa shape index (κ3) is 4.35. The van der Waals surface area contributed by atoms with Gasteiger partial charge in [0.05, 0.1) is 4.92 Å². The zero-order chi connectivity index (χ0) is 14.3. The highest BCUT2D eigenvalue weighted by atomic mass is 16.6. The van der Waals surface area contributed by atoms with Crippen molar-refractivity contribution in [2.45, 2.75) is 33.6 Å². The zero-order valence-corrected chi connectivity index (χ0v) is 11.6. The highest BCUT2D eigenvalue weighted by Crippen LogP contribution is 2.28. The fourth-order valence-electron chi connectivity index (χ4n) is 1.47. The number of nitro groups is 1. The Morgan fingerprint density at radius 2 is 1.95 bits per heavy atom. The van der Waals surface area contributed by atoms with Crippen LogP contribution in [0.2, 0.25) is 0 Å². The smallest absolute Gasteiger partial charge is 0.353 e. The van der Waals surface area contributed by atoms with E-state index in [1.807, 2.05) is 6.92 Å². The Morgan fingerprint density at radius 1 is 1.32 bits per heavy atom. The molecule has 0 saturated carbocycles. The SMILES string of the molecule is CCCNc1ncnc(NCC(C)CC)c1[N+](=O)[O-]. The Hall–Kier alpha value is -1.92. The van der Waals surface area contributed by atoms with Crippen LogP contribution in [0.4, 0.5) is 17.3 Å². The third-order valence-corrected chi connectivity index (χ3v) is 2.86. The van der Waals surface area contributed by atoms with Gasteiger partial charge in [-0.05, 0) is 12.3 Å². The fourth-order valence-corrected chi connectivity index (χ4v) is 1.47. The van der Waals surface area contributed by atoms with Crippen molar-refractivity contribution in [1.29, 1.82) is 0 Å². The molecule has 0 aliphatic heterocycles. The molecule has 19 heavy (non-hydrogen) atoms. The summed E-state index contributed by atoms with van der Waals surface area (Å²) in [4.78, 5) is 18.6. The molecule has 0 bridgehead atoms. The van der Waals surface area contributed by atoms with Crippen molar-refractivity contribution < 1.29 is 4.92 Å². The number of nitrogens with zero attached hydrogens (tertiary/aromatic N) is 3. The van der Waals surface area contributed by atoms with Gasteiger partial charge >= 0.3 is 5.69 Å². The van der Waals surface area contributed by atoms with Gasteiger partial charge in [-0.15, -0.1) is 0 Å². The van der Waals surface area contributed by atoms with Crippen LogP contribution in [0, 0.1) is 16.0 Å². The summed E-state index contributed by atoms with van der Waals surface area (Å²) >= 11 is 0. The second-order valence-corrected chi connectivity index (χ2v) is 4.50. The van der Waals surface area contributed by atoms with E-state index >= 15 is 0 Å². The molecule has 7 nitrogen and oxygen atoms in total. The molecule has 0 amide bonds. The normalized spacial score (nSPS) is 11.9. The second-order valence-electron chi connectivity index (χ2n) is 4.50. The van der Waals surface area contributed by atoms with Crippen molar-refractivity contribution in [3.63, 3.8) is 0 Å². The van der Waals surface area contributed by atoms with Gasteiger partial charge in [0.2, 0.25) is 11.6 Å². The minimum Gasteiger partial charge on any atom is -0.364 e. The maximum absolute atomic E-state index is 11.2. The molecule has 0 spiro atoms. The minimum absolute atomic E-state index is 0.0840. The van der Waals surface area contributed by atoms with E-state index in [9.17, 15) is 10.1 Å². The lowest BCUT2D eigenvalue weighted by atomic mass is 10.1. The Morgan fingerprint density at radius 3 is 2.47 bits per heavy atom. The van der Waals surface area contributed by atoms with Crippen LogP contribution in [0.5, 0.6) is 0 Å². The number of nitrogens with one attached hydrogen (secondary N) is 2. The lowest BCUT2D eigenvalue weighted by Crippen LogP contribution is -2.14. The van der Waals surface area contributed by atoms with Crippen molar-refractivity contribution in [3.8, 4) is 0 Å². The Labute approximate surface area is 113 Å². The van der Waals surface area contributed by atoms with Crippen LogP contribution >= 0.6 is 0 Å². The van der Waals surface area contributed by atoms with Crippen molar-refractivity contribution in [3.05, 3.63) is 16.4 Å². The van der Waals surface area contributed by atoms with Crippen molar-refractivity contribution >= 4 is 17.3 Å². The van der Waals surface area contributed by atoms with Gasteiger partial charge in [-0.1, -0.05) is 27.2 Å². The van der Waals surface area contributed by atoms with Crippen molar-refractivity contribution in [1.82, 2.24) is 9.97 Å². The summed E-state index contributed by atoms with van der Waals surface area (Å²) < 4.78 is 0. The first-order chi connectivity index (χ1) is 9.10. The van der Waals surface area contributed by atoms with Crippen LogP contribution in [0.1, 0.15) is 33.6 Å². The van der Waals surface area contributed by atoms with Gasteiger partial charge in [0.1, 0.15) is 6.33 Å². The predicted molar refractivity (Wildman–Crippen MR) is 75.4 cm³/mol. The van der Waals surface area contributed by atoms with Crippen LogP contribution in [0.15, 0.2) is 6.33 Å². The third-order valence-electron chi connectivity index (χ3n) is 2.86. The number of hydrogen-bond acceptors (Lipinski definition) is 6. The molecule has 1 unspecified atom stereocenters. The number of anilines is 2. The van der Waals surface area contributed by atoms with Gasteiger partial charge in [-0.3, -0.25) is 10.1 Å². The average molecular weight is 267 g/mol. The lowest BCUT2D eigenvalue weighted by Gasteiger charge is -2.12. The van der Waals surface area contributed by atoms with Gasteiger partial charge in [-0.25, -0.2) is 9.97 Å². The number of aromatic nitrogens is 2. The zero-order valence-electron chi connectivity index (χ0n) is 11.6. The molecule has 0 saturated heterocycles. The molecule has 1 heterocycles. The quantitative estimate of drug-likeness (QED) is 0.555. The summed E-state index contributed by atoms with van der Waals surface area (Å²) in [5, 5.41) is 17.1. The number of rotatable bonds is 8. The maximum atomic E-state index is 11.2. The monoisotopic (exact) mass is 267 g/mol. The largest absolute Gasteiger partial charge is 0.364 e. The van der Waals surface area contributed by atoms with Gasteiger partial charge in [0.15, 0.2) is 0 Å². The van der Waals surface area contributed by atoms with E-state index in [2.05, 4.69) is 34.4 Å². The van der Waals surface area contributed by atoms with Crippen LogP contribution in [-0.2, 0) is 0 Å². The molecule has 1 aromatic rings. The Kier molecular flexibility index (Phi) is 5.98. The van der Waals surface area contributed by atoms with Crippen molar-refractivity contribution in [2.75, 3.05) is 23.7 Å². The highest BCUT2D eigenvalue weighted by molar-refractivity contribution is 5.69. The molecule has 106 valence electrons. The molecule has 0 radical (unpaired) electrons. The van der Waals surface area contributed by atoms with E-state index in [1.165, 1.54) is 6.33 Å². The summed E-state index contributed by atoms with van der Waals surface area (Å²) in [5.41, 5.74) is -0.0840. The van der Waals surface area contributed by atoms with E-state index in [0.717, 1.165) is 12.8 Å². The Bertz CT molecular complexity index is 425. The van der Waals surface area contributed by atoms with E-state index in [0.29, 0.717) is 19.0 Å². The number of hydrogen-bond donors (Lipinski definition) is 2. The topological polar surface area (TPSA) is 93.0 Å². The van der Waals surface area contributed by atoms with Crippen LogP contribution < -0.4 is 10.6 Å². The van der Waals surface area contributed by atoms with E-state index < -0.39 is 4.92 Å². The second kappa shape index (κ2) is 7.50. The summed E-state index contributed by atoms with van der Waals surface area (Å²) in [5.74, 6) is 0.981. The standard InChI is InChI=1S/C12H21N5O2/c1-4-6-13-11-10(17(18)19)12(16-8-15-11)14-7-9(3)5-2/h8-9H,4-7H2,1-3H3,(H2,13,14,15,16). The fraction of sp³-hybridized carbons (Fsp3) is 0.667. The summed E-state index contributed by atoms with van der Waals surface area (Å²) in [7, 11) is 0. The van der Waals surface area contributed by atoms with Crippen LogP contribution in [-0.4, -0.2) is 28.0 Å². The van der Waals surface area contributed by atoms with Crippen LogP contribution in [0.3, 0.4) is 0 Å². The van der Waals surface area contributed by atoms with E-state index in [1.54, 1.807) is 0 Å². The first kappa shape index (κ1) is 15.1. The molecule has 0 aromatic carbocycles. The average Bonchev–Trinajstić information content (AvgIpc) is 2.41. The molecule has 7 heteroatoms. The molecule has 0 aliphatic carbocycles. The molecule has 0 aliphatic rings. The van der Waals surface area contributed by atoms with E-state index in [4.69, 9.17) is 0 Å². The molecule has 1 rings (SSSR count). The van der Waals surface area contributed by atoms with Crippen molar-refractivity contribution in [2.24, 2.45) is 5.92 Å².